The predicted octanol–water partition coefficient (Wildman–Crippen LogP) is 3.04. The van der Waals surface area contributed by atoms with E-state index in [-0.39, 0.29) is 12.5 Å². The van der Waals surface area contributed by atoms with E-state index in [1.165, 1.54) is 32.1 Å². The van der Waals surface area contributed by atoms with Crippen LogP contribution in [-0.2, 0) is 9.53 Å². The molecule has 5 aliphatic rings. The van der Waals surface area contributed by atoms with Gasteiger partial charge in [0.15, 0.2) is 6.10 Å². The molecule has 2 heterocycles. The lowest BCUT2D eigenvalue weighted by Crippen LogP contribution is -2.55. The Morgan fingerprint density at radius 3 is 2.55 bits per heavy atom. The monoisotopic (exact) mass is 445 g/mol. The molecule has 4 bridgehead atoms. The van der Waals surface area contributed by atoms with Crippen LogP contribution in [-0.4, -0.2) is 59.6 Å². The van der Waals surface area contributed by atoms with Crippen LogP contribution in [0.3, 0.4) is 0 Å². The summed E-state index contributed by atoms with van der Waals surface area (Å²) in [5, 5.41) is 13.4. The first-order valence-electron chi connectivity index (χ1n) is 11.6. The molecule has 1 aromatic rings. The number of carbonyl (C=O) groups is 2. The fourth-order valence-corrected chi connectivity index (χ4v) is 7.17. The van der Waals surface area contributed by atoms with Crippen LogP contribution < -0.4 is 10.2 Å². The Balaban J connectivity index is 1.33. The topological polar surface area (TPSA) is 91.8 Å². The highest BCUT2D eigenvalue weighted by molar-refractivity contribution is 7.99. The van der Waals surface area contributed by atoms with Crippen molar-refractivity contribution in [2.75, 3.05) is 30.3 Å². The molecule has 4 saturated carbocycles. The summed E-state index contributed by atoms with van der Waals surface area (Å²) >= 11 is 1.56. The lowest BCUT2D eigenvalue weighted by atomic mass is 9.54. The second kappa shape index (κ2) is 8.62. The van der Waals surface area contributed by atoms with Crippen molar-refractivity contribution in [3.05, 3.63) is 17.7 Å². The minimum Gasteiger partial charge on any atom is -0.479 e. The van der Waals surface area contributed by atoms with Crippen molar-refractivity contribution >= 4 is 29.5 Å². The van der Waals surface area contributed by atoms with Crippen molar-refractivity contribution in [1.29, 1.82) is 0 Å². The van der Waals surface area contributed by atoms with Crippen molar-refractivity contribution in [2.45, 2.75) is 56.2 Å². The van der Waals surface area contributed by atoms with E-state index >= 15 is 0 Å². The van der Waals surface area contributed by atoms with Crippen molar-refractivity contribution in [3.8, 4) is 0 Å². The summed E-state index contributed by atoms with van der Waals surface area (Å²) in [5.74, 6) is 3.58. The molecule has 0 spiro atoms. The molecule has 6 rings (SSSR count). The van der Waals surface area contributed by atoms with Crippen LogP contribution in [0, 0.1) is 23.7 Å². The first-order chi connectivity index (χ1) is 15.0. The van der Waals surface area contributed by atoms with Gasteiger partial charge in [0.1, 0.15) is 10.8 Å². The molecule has 4 aliphatic carbocycles. The molecule has 1 aromatic heterocycles. The average molecular weight is 446 g/mol. The molecule has 31 heavy (non-hydrogen) atoms. The number of amides is 1. The Bertz CT molecular complexity index is 835. The summed E-state index contributed by atoms with van der Waals surface area (Å²) in [7, 11) is 0. The van der Waals surface area contributed by atoms with Crippen LogP contribution in [0.5, 0.6) is 0 Å². The minimum absolute atomic E-state index is 0.0159. The minimum atomic E-state index is -0.959. The summed E-state index contributed by atoms with van der Waals surface area (Å²) in [5.41, 5.74) is 0.632. The Labute approximate surface area is 187 Å². The molecule has 7 nitrogen and oxygen atoms in total. The van der Waals surface area contributed by atoms with E-state index in [1.54, 1.807) is 11.8 Å². The number of carboxylic acid groups (broad SMARTS) is 1. The lowest BCUT2D eigenvalue weighted by Gasteiger charge is -2.54. The van der Waals surface area contributed by atoms with Gasteiger partial charge in [0, 0.05) is 12.6 Å². The number of hydrogen-bond acceptors (Lipinski definition) is 6. The summed E-state index contributed by atoms with van der Waals surface area (Å²) in [6.45, 7) is 3.25. The van der Waals surface area contributed by atoms with Crippen LogP contribution in [0.15, 0.2) is 17.2 Å². The summed E-state index contributed by atoms with van der Waals surface area (Å²) in [6, 6.07) is 4.00. The van der Waals surface area contributed by atoms with Gasteiger partial charge in [0.25, 0.3) is 5.91 Å². The summed E-state index contributed by atoms with van der Waals surface area (Å²) in [6.07, 6.45) is 5.64. The number of aliphatic carboxylic acids is 1. The number of anilines is 1. The average Bonchev–Trinajstić information content (AvgIpc) is 2.76. The second-order valence-corrected chi connectivity index (χ2v) is 10.8. The predicted molar refractivity (Wildman–Crippen MR) is 119 cm³/mol. The number of ether oxygens (including phenoxy) is 1. The van der Waals surface area contributed by atoms with Crippen LogP contribution in [0.1, 0.15) is 49.4 Å². The van der Waals surface area contributed by atoms with E-state index in [1.807, 2.05) is 24.0 Å². The standard InChI is InChI=1S/C23H31N3O4S/c1-2-31-22-17(3-4-19(24-22)26-5-6-30-18(12-26)23(28)29)21(27)25-20-15-8-13-7-14(10-15)11-16(20)9-13/h3-4,13-16,18,20H,2,5-12H2,1H3,(H,25,27)(H,28,29). The Kier molecular flexibility index (Phi) is 5.86. The third-order valence-electron chi connectivity index (χ3n) is 7.56. The molecule has 168 valence electrons. The Morgan fingerprint density at radius 1 is 1.19 bits per heavy atom. The lowest BCUT2D eigenvalue weighted by molar-refractivity contribution is -0.150. The van der Waals surface area contributed by atoms with Gasteiger partial charge in [0.05, 0.1) is 18.7 Å². The number of carboxylic acids is 1. The fourth-order valence-electron chi connectivity index (χ4n) is 6.42. The van der Waals surface area contributed by atoms with Gasteiger partial charge < -0.3 is 20.1 Å². The molecule has 0 aromatic carbocycles. The fraction of sp³-hybridized carbons (Fsp3) is 0.696. The number of carbonyl (C=O) groups excluding carboxylic acids is 1. The van der Waals surface area contributed by atoms with Gasteiger partial charge in [-0.2, -0.15) is 0 Å². The van der Waals surface area contributed by atoms with E-state index < -0.39 is 12.1 Å². The highest BCUT2D eigenvalue weighted by Gasteiger charge is 2.48. The van der Waals surface area contributed by atoms with Gasteiger partial charge in [-0.1, -0.05) is 6.92 Å². The maximum Gasteiger partial charge on any atom is 0.334 e. The van der Waals surface area contributed by atoms with Crippen LogP contribution in [0.2, 0.25) is 0 Å². The maximum absolute atomic E-state index is 13.3. The van der Waals surface area contributed by atoms with Crippen molar-refractivity contribution < 1.29 is 19.4 Å². The highest BCUT2D eigenvalue weighted by atomic mass is 32.2. The number of thioether (sulfide) groups is 1. The maximum atomic E-state index is 13.3. The summed E-state index contributed by atoms with van der Waals surface area (Å²) < 4.78 is 5.32. The molecule has 1 aliphatic heterocycles. The number of pyridine rings is 1. The molecule has 0 radical (unpaired) electrons. The first-order valence-corrected chi connectivity index (χ1v) is 12.5. The van der Waals surface area contributed by atoms with Gasteiger partial charge in [-0.3, -0.25) is 4.79 Å². The number of nitrogens with zero attached hydrogens (tertiary/aromatic N) is 2. The molecule has 5 fully saturated rings. The zero-order valence-corrected chi connectivity index (χ0v) is 18.8. The van der Waals surface area contributed by atoms with Gasteiger partial charge in [-0.15, -0.1) is 11.8 Å². The quantitative estimate of drug-likeness (QED) is 0.650. The van der Waals surface area contributed by atoms with Gasteiger partial charge in [-0.05, 0) is 73.7 Å². The number of morpholine rings is 1. The van der Waals surface area contributed by atoms with Gasteiger partial charge in [-0.25, -0.2) is 9.78 Å². The molecular weight excluding hydrogens is 414 g/mol. The Hall–Kier alpha value is -1.80. The summed E-state index contributed by atoms with van der Waals surface area (Å²) in [4.78, 5) is 31.3. The zero-order valence-electron chi connectivity index (χ0n) is 18.0. The zero-order chi connectivity index (χ0) is 21.5. The first kappa shape index (κ1) is 21.1. The van der Waals surface area contributed by atoms with Crippen molar-refractivity contribution in [3.63, 3.8) is 0 Å². The van der Waals surface area contributed by atoms with Crippen LogP contribution in [0.25, 0.3) is 0 Å². The van der Waals surface area contributed by atoms with Crippen LogP contribution in [0.4, 0.5) is 5.82 Å². The number of aromatic nitrogens is 1. The smallest absolute Gasteiger partial charge is 0.334 e. The highest BCUT2D eigenvalue weighted by Crippen LogP contribution is 2.53. The van der Waals surface area contributed by atoms with E-state index in [0.717, 1.165) is 22.6 Å². The molecule has 1 saturated heterocycles. The van der Waals surface area contributed by atoms with Crippen LogP contribution >= 0.6 is 11.8 Å². The third-order valence-corrected chi connectivity index (χ3v) is 8.43. The Morgan fingerprint density at radius 2 is 1.90 bits per heavy atom. The van der Waals surface area contributed by atoms with E-state index in [9.17, 15) is 14.7 Å². The van der Waals surface area contributed by atoms with E-state index in [2.05, 4.69) is 5.32 Å². The second-order valence-electron chi connectivity index (χ2n) is 9.53. The van der Waals surface area contributed by atoms with Crippen molar-refractivity contribution in [2.24, 2.45) is 23.7 Å². The molecule has 1 atom stereocenters. The number of hydrogen-bond donors (Lipinski definition) is 2. The molecule has 1 amide bonds. The number of nitrogens with one attached hydrogen (secondary N) is 1. The molecule has 8 heteroatoms. The van der Waals surface area contributed by atoms with Gasteiger partial charge in [0.2, 0.25) is 0 Å². The van der Waals surface area contributed by atoms with E-state index in [0.29, 0.717) is 42.4 Å². The van der Waals surface area contributed by atoms with Gasteiger partial charge >= 0.3 is 5.97 Å². The SMILES string of the molecule is CCSc1nc(N2CCOC(C(=O)O)C2)ccc1C(=O)NC1C2CC3CC(C2)CC1C3. The van der Waals surface area contributed by atoms with E-state index in [4.69, 9.17) is 9.72 Å². The third kappa shape index (κ3) is 4.16. The number of rotatable bonds is 6. The molecular formula is C23H31N3O4S. The normalized spacial score (nSPS) is 34.0. The van der Waals surface area contributed by atoms with Crippen molar-refractivity contribution in [1.82, 2.24) is 10.3 Å². The molecule has 1 unspecified atom stereocenters. The largest absolute Gasteiger partial charge is 0.479 e. The molecule has 2 N–H and O–H groups in total.